The van der Waals surface area contributed by atoms with Crippen LogP contribution in [0.25, 0.3) is 0 Å². The standard InChI is InChI=1S/C18H19FN4O2/c19-15-5-1-3-13(11-15)17(24)23-6-2-4-14-12-20-18(21-16(14)23)22-7-9-25-10-8-22/h1,3,5,11-12H,2,4,6-10H2. The summed E-state index contributed by atoms with van der Waals surface area (Å²) in [5.41, 5.74) is 1.28. The zero-order chi connectivity index (χ0) is 17.2. The van der Waals surface area contributed by atoms with Gasteiger partial charge in [0.05, 0.1) is 13.2 Å². The number of hydrogen-bond donors (Lipinski definition) is 0. The normalized spacial score (nSPS) is 17.3. The van der Waals surface area contributed by atoms with Crippen molar-refractivity contribution in [2.45, 2.75) is 12.8 Å². The van der Waals surface area contributed by atoms with E-state index < -0.39 is 5.82 Å². The summed E-state index contributed by atoms with van der Waals surface area (Å²) < 4.78 is 18.8. The zero-order valence-electron chi connectivity index (χ0n) is 13.8. The van der Waals surface area contributed by atoms with Crippen LogP contribution in [0.5, 0.6) is 0 Å². The summed E-state index contributed by atoms with van der Waals surface area (Å²) >= 11 is 0. The van der Waals surface area contributed by atoms with Gasteiger partial charge in [0.1, 0.15) is 11.6 Å². The van der Waals surface area contributed by atoms with Crippen LogP contribution in [-0.2, 0) is 11.2 Å². The predicted octanol–water partition coefficient (Wildman–Crippen LogP) is 2.05. The number of fused-ring (bicyclic) bond motifs is 1. The molecule has 2 aliphatic heterocycles. The molecule has 25 heavy (non-hydrogen) atoms. The van der Waals surface area contributed by atoms with E-state index in [2.05, 4.69) is 14.9 Å². The number of carbonyl (C=O) groups excluding carboxylic acids is 1. The number of rotatable bonds is 2. The van der Waals surface area contributed by atoms with Crippen molar-refractivity contribution in [2.75, 3.05) is 42.6 Å². The SMILES string of the molecule is O=C(c1cccc(F)c1)N1CCCc2cnc(N3CCOCC3)nc21. The highest BCUT2D eigenvalue weighted by Gasteiger charge is 2.27. The Labute approximate surface area is 145 Å². The molecular formula is C18H19FN4O2. The molecule has 6 nitrogen and oxygen atoms in total. The molecule has 0 aliphatic carbocycles. The highest BCUT2D eigenvalue weighted by atomic mass is 19.1. The smallest absolute Gasteiger partial charge is 0.259 e. The van der Waals surface area contributed by atoms with E-state index in [1.807, 2.05) is 0 Å². The first-order valence-electron chi connectivity index (χ1n) is 8.48. The third kappa shape index (κ3) is 3.19. The van der Waals surface area contributed by atoms with Crippen molar-refractivity contribution >= 4 is 17.7 Å². The minimum Gasteiger partial charge on any atom is -0.378 e. The van der Waals surface area contributed by atoms with Gasteiger partial charge in [-0.1, -0.05) is 6.07 Å². The highest BCUT2D eigenvalue weighted by molar-refractivity contribution is 6.06. The van der Waals surface area contributed by atoms with E-state index >= 15 is 0 Å². The second-order valence-electron chi connectivity index (χ2n) is 6.19. The molecule has 1 aromatic heterocycles. The molecule has 7 heteroatoms. The van der Waals surface area contributed by atoms with Crippen LogP contribution in [0, 0.1) is 5.82 Å². The lowest BCUT2D eigenvalue weighted by Gasteiger charge is -2.31. The molecule has 0 saturated carbocycles. The first kappa shape index (κ1) is 16.0. The Morgan fingerprint density at radius 2 is 2.04 bits per heavy atom. The molecule has 3 heterocycles. The lowest BCUT2D eigenvalue weighted by molar-refractivity contribution is 0.0983. The molecule has 0 radical (unpaired) electrons. The van der Waals surface area contributed by atoms with Crippen LogP contribution in [0.2, 0.25) is 0 Å². The van der Waals surface area contributed by atoms with Gasteiger partial charge in [-0.25, -0.2) is 9.37 Å². The number of benzene rings is 1. The Morgan fingerprint density at radius 3 is 2.84 bits per heavy atom. The van der Waals surface area contributed by atoms with Crippen LogP contribution in [-0.4, -0.2) is 48.7 Å². The summed E-state index contributed by atoms with van der Waals surface area (Å²) in [4.78, 5) is 25.7. The van der Waals surface area contributed by atoms with E-state index in [1.54, 1.807) is 23.2 Å². The fourth-order valence-electron chi connectivity index (χ4n) is 3.22. The maximum absolute atomic E-state index is 13.5. The molecule has 0 bridgehead atoms. The van der Waals surface area contributed by atoms with Crippen molar-refractivity contribution in [3.05, 3.63) is 47.4 Å². The Balaban J connectivity index is 1.67. The van der Waals surface area contributed by atoms with Gasteiger partial charge in [-0.05, 0) is 31.0 Å². The summed E-state index contributed by atoms with van der Waals surface area (Å²) in [6.45, 7) is 3.33. The van der Waals surface area contributed by atoms with Crippen molar-refractivity contribution < 1.29 is 13.9 Å². The Bertz CT molecular complexity index is 792. The number of carbonyl (C=O) groups is 1. The monoisotopic (exact) mass is 342 g/mol. The van der Waals surface area contributed by atoms with Crippen molar-refractivity contribution in [3.63, 3.8) is 0 Å². The minimum atomic E-state index is -0.417. The van der Waals surface area contributed by atoms with Crippen molar-refractivity contribution in [1.82, 2.24) is 9.97 Å². The summed E-state index contributed by atoms with van der Waals surface area (Å²) in [5.74, 6) is 0.602. The van der Waals surface area contributed by atoms with Crippen molar-refractivity contribution in [1.29, 1.82) is 0 Å². The Kier molecular flexibility index (Phi) is 4.31. The number of morpholine rings is 1. The van der Waals surface area contributed by atoms with Crippen LogP contribution in [0.3, 0.4) is 0 Å². The van der Waals surface area contributed by atoms with Crippen LogP contribution >= 0.6 is 0 Å². The van der Waals surface area contributed by atoms with Crippen LogP contribution in [0.1, 0.15) is 22.3 Å². The van der Waals surface area contributed by atoms with Gasteiger partial charge in [-0.2, -0.15) is 4.98 Å². The van der Waals surface area contributed by atoms with Crippen LogP contribution < -0.4 is 9.80 Å². The van der Waals surface area contributed by atoms with Gasteiger partial charge in [0.25, 0.3) is 5.91 Å². The van der Waals surface area contributed by atoms with E-state index in [0.717, 1.165) is 31.5 Å². The fourth-order valence-corrected chi connectivity index (χ4v) is 3.22. The van der Waals surface area contributed by atoms with Crippen LogP contribution in [0.15, 0.2) is 30.5 Å². The molecule has 0 atom stereocenters. The lowest BCUT2D eigenvalue weighted by atomic mass is 10.1. The van der Waals surface area contributed by atoms with E-state index in [1.165, 1.54) is 12.1 Å². The van der Waals surface area contributed by atoms with Gasteiger partial charge in [-0.15, -0.1) is 0 Å². The molecule has 2 aromatic rings. The third-order valence-electron chi connectivity index (χ3n) is 4.52. The number of halogens is 1. The molecule has 0 spiro atoms. The Hall–Kier alpha value is -2.54. The molecule has 1 amide bonds. The first-order chi connectivity index (χ1) is 12.2. The first-order valence-corrected chi connectivity index (χ1v) is 8.48. The molecule has 1 saturated heterocycles. The number of aryl methyl sites for hydroxylation is 1. The quantitative estimate of drug-likeness (QED) is 0.836. The topological polar surface area (TPSA) is 58.6 Å². The second-order valence-corrected chi connectivity index (χ2v) is 6.19. The summed E-state index contributed by atoms with van der Waals surface area (Å²) in [5, 5.41) is 0. The highest BCUT2D eigenvalue weighted by Crippen LogP contribution is 2.28. The molecule has 1 fully saturated rings. The van der Waals surface area contributed by atoms with Crippen molar-refractivity contribution in [2.24, 2.45) is 0 Å². The number of amides is 1. The zero-order valence-corrected chi connectivity index (χ0v) is 13.8. The largest absolute Gasteiger partial charge is 0.378 e. The molecular weight excluding hydrogens is 323 g/mol. The average Bonchev–Trinajstić information content (AvgIpc) is 2.67. The number of ether oxygens (including phenoxy) is 1. The number of hydrogen-bond acceptors (Lipinski definition) is 5. The maximum atomic E-state index is 13.5. The minimum absolute atomic E-state index is 0.230. The molecule has 2 aliphatic rings. The Morgan fingerprint density at radius 1 is 1.20 bits per heavy atom. The van der Waals surface area contributed by atoms with Gasteiger partial charge < -0.3 is 9.64 Å². The summed E-state index contributed by atoms with van der Waals surface area (Å²) in [6, 6.07) is 5.77. The number of nitrogens with zero attached hydrogens (tertiary/aromatic N) is 4. The molecule has 0 unspecified atom stereocenters. The lowest BCUT2D eigenvalue weighted by Crippen LogP contribution is -2.39. The van der Waals surface area contributed by atoms with E-state index in [0.29, 0.717) is 37.1 Å². The number of anilines is 2. The van der Waals surface area contributed by atoms with Crippen LogP contribution in [0.4, 0.5) is 16.2 Å². The molecule has 4 rings (SSSR count). The average molecular weight is 342 g/mol. The van der Waals surface area contributed by atoms with Gasteiger partial charge >= 0.3 is 0 Å². The second kappa shape index (κ2) is 6.76. The van der Waals surface area contributed by atoms with E-state index in [9.17, 15) is 9.18 Å². The van der Waals surface area contributed by atoms with E-state index in [-0.39, 0.29) is 5.91 Å². The predicted molar refractivity (Wildman–Crippen MR) is 91.5 cm³/mol. The van der Waals surface area contributed by atoms with Gasteiger partial charge in [0.2, 0.25) is 5.95 Å². The third-order valence-corrected chi connectivity index (χ3v) is 4.52. The van der Waals surface area contributed by atoms with Gasteiger partial charge in [-0.3, -0.25) is 9.69 Å². The summed E-state index contributed by atoms with van der Waals surface area (Å²) in [6.07, 6.45) is 3.48. The molecule has 0 N–H and O–H groups in total. The van der Waals surface area contributed by atoms with Gasteiger partial charge in [0, 0.05) is 37.0 Å². The van der Waals surface area contributed by atoms with Crippen molar-refractivity contribution in [3.8, 4) is 0 Å². The molecule has 1 aromatic carbocycles. The maximum Gasteiger partial charge on any atom is 0.259 e. The molecule has 130 valence electrons. The van der Waals surface area contributed by atoms with E-state index in [4.69, 9.17) is 4.74 Å². The van der Waals surface area contributed by atoms with Gasteiger partial charge in [0.15, 0.2) is 0 Å². The number of aromatic nitrogens is 2. The fraction of sp³-hybridized carbons (Fsp3) is 0.389. The summed E-state index contributed by atoms with van der Waals surface area (Å²) in [7, 11) is 0.